The summed E-state index contributed by atoms with van der Waals surface area (Å²) in [5.41, 5.74) is 0.665. The molecule has 0 saturated carbocycles. The number of carbonyl (C=O) groups is 2. The molecule has 1 aromatic heterocycles. The summed E-state index contributed by atoms with van der Waals surface area (Å²) in [5, 5.41) is 8.89. The van der Waals surface area contributed by atoms with Crippen LogP contribution in [0.1, 0.15) is 23.3 Å². The second kappa shape index (κ2) is 5.69. The molecule has 1 aliphatic rings. The largest absolute Gasteiger partial charge is 0.477 e. The minimum absolute atomic E-state index is 0.0158. The molecule has 6 nitrogen and oxygen atoms in total. The Hall–Kier alpha value is -2.11. The minimum atomic E-state index is -1.07. The number of aromatic nitrogens is 1. The number of likely N-dealkylation sites (N-methyl/N-ethyl adjacent to an activating group) is 1. The van der Waals surface area contributed by atoms with Gasteiger partial charge < -0.3 is 14.9 Å². The Bertz CT molecular complexity index is 484. The van der Waals surface area contributed by atoms with E-state index < -0.39 is 5.97 Å². The predicted molar refractivity (Wildman–Crippen MR) is 70.3 cm³/mol. The lowest BCUT2D eigenvalue weighted by Gasteiger charge is -2.22. The van der Waals surface area contributed by atoms with Crippen molar-refractivity contribution in [3.8, 4) is 0 Å². The van der Waals surface area contributed by atoms with Crippen molar-refractivity contribution < 1.29 is 14.7 Å². The van der Waals surface area contributed by atoms with Crippen LogP contribution in [0.5, 0.6) is 0 Å². The SMILES string of the molecule is CN(CC(=O)N1CCCC1)c1ccnc(C(=O)O)c1. The van der Waals surface area contributed by atoms with Crippen LogP contribution in [-0.4, -0.2) is 53.5 Å². The third kappa shape index (κ3) is 3.21. The fourth-order valence-corrected chi connectivity index (χ4v) is 2.13. The van der Waals surface area contributed by atoms with Gasteiger partial charge in [0.15, 0.2) is 0 Å². The van der Waals surface area contributed by atoms with E-state index in [2.05, 4.69) is 4.98 Å². The van der Waals surface area contributed by atoms with E-state index in [9.17, 15) is 9.59 Å². The monoisotopic (exact) mass is 263 g/mol. The quantitative estimate of drug-likeness (QED) is 0.871. The molecule has 0 bridgehead atoms. The van der Waals surface area contributed by atoms with Crippen molar-refractivity contribution in [2.24, 2.45) is 0 Å². The molecular formula is C13H17N3O3. The number of carboxylic acids is 1. The summed E-state index contributed by atoms with van der Waals surface area (Å²) in [6.07, 6.45) is 3.57. The summed E-state index contributed by atoms with van der Waals surface area (Å²) in [7, 11) is 1.77. The van der Waals surface area contributed by atoms with Crippen LogP contribution in [-0.2, 0) is 4.79 Å². The normalized spacial score (nSPS) is 14.5. The van der Waals surface area contributed by atoms with Crippen molar-refractivity contribution in [2.45, 2.75) is 12.8 Å². The van der Waals surface area contributed by atoms with Crippen LogP contribution in [0.25, 0.3) is 0 Å². The Morgan fingerprint density at radius 3 is 2.74 bits per heavy atom. The van der Waals surface area contributed by atoms with Crippen LogP contribution in [0.2, 0.25) is 0 Å². The van der Waals surface area contributed by atoms with E-state index in [-0.39, 0.29) is 18.1 Å². The summed E-state index contributed by atoms with van der Waals surface area (Å²) in [6, 6.07) is 3.17. The zero-order chi connectivity index (χ0) is 13.8. The van der Waals surface area contributed by atoms with Crippen LogP contribution in [0.3, 0.4) is 0 Å². The number of amides is 1. The number of hydrogen-bond donors (Lipinski definition) is 1. The number of rotatable bonds is 4. The van der Waals surface area contributed by atoms with Crippen molar-refractivity contribution in [3.05, 3.63) is 24.0 Å². The third-order valence-electron chi connectivity index (χ3n) is 3.23. The first kappa shape index (κ1) is 13.3. The molecule has 0 spiro atoms. The highest BCUT2D eigenvalue weighted by molar-refractivity contribution is 5.87. The van der Waals surface area contributed by atoms with Crippen molar-refractivity contribution in [2.75, 3.05) is 31.6 Å². The van der Waals surface area contributed by atoms with Crippen molar-refractivity contribution in [1.82, 2.24) is 9.88 Å². The number of nitrogens with zero attached hydrogens (tertiary/aromatic N) is 3. The molecule has 1 saturated heterocycles. The van der Waals surface area contributed by atoms with Gasteiger partial charge in [-0.2, -0.15) is 0 Å². The molecule has 2 heterocycles. The number of carboxylic acid groups (broad SMARTS) is 1. The van der Waals surface area contributed by atoms with Crippen LogP contribution in [0.15, 0.2) is 18.3 Å². The maximum Gasteiger partial charge on any atom is 0.354 e. The molecular weight excluding hydrogens is 246 g/mol. The average molecular weight is 263 g/mol. The Kier molecular flexibility index (Phi) is 3.99. The lowest BCUT2D eigenvalue weighted by molar-refractivity contribution is -0.128. The lowest BCUT2D eigenvalue weighted by atomic mass is 10.3. The van der Waals surface area contributed by atoms with Gasteiger partial charge in [-0.05, 0) is 25.0 Å². The Morgan fingerprint density at radius 2 is 2.11 bits per heavy atom. The van der Waals surface area contributed by atoms with Crippen molar-refractivity contribution in [1.29, 1.82) is 0 Å². The summed E-state index contributed by atoms with van der Waals surface area (Å²) >= 11 is 0. The molecule has 0 atom stereocenters. The Morgan fingerprint density at radius 1 is 1.42 bits per heavy atom. The van der Waals surface area contributed by atoms with E-state index in [4.69, 9.17) is 5.11 Å². The van der Waals surface area contributed by atoms with Crippen LogP contribution >= 0.6 is 0 Å². The first-order chi connectivity index (χ1) is 9.08. The van der Waals surface area contributed by atoms with Crippen molar-refractivity contribution >= 4 is 17.6 Å². The van der Waals surface area contributed by atoms with Gasteiger partial charge in [-0.25, -0.2) is 9.78 Å². The molecule has 6 heteroatoms. The molecule has 1 fully saturated rings. The molecule has 0 aromatic carbocycles. The van der Waals surface area contributed by atoms with Gasteiger partial charge in [0.25, 0.3) is 0 Å². The molecule has 1 aromatic rings. The van der Waals surface area contributed by atoms with E-state index in [0.717, 1.165) is 25.9 Å². The highest BCUT2D eigenvalue weighted by atomic mass is 16.4. The second-order valence-electron chi connectivity index (χ2n) is 4.65. The van der Waals surface area contributed by atoms with Gasteiger partial charge >= 0.3 is 5.97 Å². The van der Waals surface area contributed by atoms with Gasteiger partial charge in [0.05, 0.1) is 6.54 Å². The van der Waals surface area contributed by atoms with Gasteiger partial charge in [-0.1, -0.05) is 0 Å². The van der Waals surface area contributed by atoms with Crippen LogP contribution in [0, 0.1) is 0 Å². The number of likely N-dealkylation sites (tertiary alicyclic amines) is 1. The summed E-state index contributed by atoms with van der Waals surface area (Å²) in [4.78, 5) is 30.2. The average Bonchev–Trinajstić information content (AvgIpc) is 2.92. The predicted octanol–water partition coefficient (Wildman–Crippen LogP) is 0.838. The smallest absolute Gasteiger partial charge is 0.354 e. The number of anilines is 1. The molecule has 102 valence electrons. The van der Waals surface area contributed by atoms with E-state index in [1.165, 1.54) is 12.3 Å². The van der Waals surface area contributed by atoms with Gasteiger partial charge in [-0.3, -0.25) is 4.79 Å². The van der Waals surface area contributed by atoms with E-state index in [0.29, 0.717) is 5.69 Å². The third-order valence-corrected chi connectivity index (χ3v) is 3.23. The maximum atomic E-state index is 12.0. The fourth-order valence-electron chi connectivity index (χ4n) is 2.13. The first-order valence-electron chi connectivity index (χ1n) is 6.26. The second-order valence-corrected chi connectivity index (χ2v) is 4.65. The number of aromatic carboxylic acids is 1. The molecule has 0 unspecified atom stereocenters. The fraction of sp³-hybridized carbons (Fsp3) is 0.462. The summed E-state index contributed by atoms with van der Waals surface area (Å²) in [5.74, 6) is -0.991. The molecule has 1 aliphatic heterocycles. The zero-order valence-electron chi connectivity index (χ0n) is 10.9. The minimum Gasteiger partial charge on any atom is -0.477 e. The van der Waals surface area contributed by atoms with E-state index in [1.54, 1.807) is 18.0 Å². The highest BCUT2D eigenvalue weighted by Gasteiger charge is 2.19. The number of hydrogen-bond acceptors (Lipinski definition) is 4. The van der Waals surface area contributed by atoms with Gasteiger partial charge in [0.1, 0.15) is 5.69 Å². The number of pyridine rings is 1. The summed E-state index contributed by atoms with van der Waals surface area (Å²) in [6.45, 7) is 1.90. The van der Waals surface area contributed by atoms with Gasteiger partial charge in [-0.15, -0.1) is 0 Å². The standard InChI is InChI=1S/C13H17N3O3/c1-15(9-12(17)16-6-2-3-7-16)10-4-5-14-11(8-10)13(18)19/h4-5,8H,2-3,6-7,9H2,1H3,(H,18,19). The Labute approximate surface area is 111 Å². The molecule has 0 radical (unpaired) electrons. The molecule has 0 aliphatic carbocycles. The van der Waals surface area contributed by atoms with Crippen LogP contribution < -0.4 is 4.90 Å². The zero-order valence-corrected chi connectivity index (χ0v) is 10.9. The Balaban J connectivity index is 2.02. The summed E-state index contributed by atoms with van der Waals surface area (Å²) < 4.78 is 0. The molecule has 2 rings (SSSR count). The highest BCUT2D eigenvalue weighted by Crippen LogP contribution is 2.14. The van der Waals surface area contributed by atoms with Gasteiger partial charge in [0, 0.05) is 32.0 Å². The van der Waals surface area contributed by atoms with E-state index >= 15 is 0 Å². The van der Waals surface area contributed by atoms with E-state index in [1.807, 2.05) is 4.90 Å². The lowest BCUT2D eigenvalue weighted by Crippen LogP contribution is -2.37. The maximum absolute atomic E-state index is 12.0. The topological polar surface area (TPSA) is 73.7 Å². The molecule has 19 heavy (non-hydrogen) atoms. The molecule has 1 N–H and O–H groups in total. The molecule has 1 amide bonds. The number of carbonyl (C=O) groups excluding carboxylic acids is 1. The van der Waals surface area contributed by atoms with Gasteiger partial charge in [0.2, 0.25) is 5.91 Å². The van der Waals surface area contributed by atoms with Crippen LogP contribution in [0.4, 0.5) is 5.69 Å². The first-order valence-corrected chi connectivity index (χ1v) is 6.26. The van der Waals surface area contributed by atoms with Crippen molar-refractivity contribution in [3.63, 3.8) is 0 Å².